The Morgan fingerprint density at radius 2 is 1.78 bits per heavy atom. The average Bonchev–Trinajstić information content (AvgIpc) is 3.18. The standard InChI is InChI=1S/C24H25N5O3/c1-15(2)28-14-25-24-26-19(12-22(30)29(24)28)13-32-21-10-7-17(4)11-20(21)27-23(31)18-8-5-16(3)6-9-18/h5-12,14-15H,13H2,1-4H3,(H,27,31). The van der Waals surface area contributed by atoms with Gasteiger partial charge in [0.05, 0.1) is 11.4 Å². The Hall–Kier alpha value is -3.94. The third kappa shape index (κ3) is 4.39. The SMILES string of the molecule is Cc1ccc(C(=O)Nc2cc(C)ccc2OCc2cc(=O)n3c(ncn3C(C)C)n2)cc1. The zero-order chi connectivity index (χ0) is 22.8. The number of anilines is 1. The summed E-state index contributed by atoms with van der Waals surface area (Å²) in [6.07, 6.45) is 1.59. The Labute approximate surface area is 185 Å². The number of amides is 1. The van der Waals surface area contributed by atoms with Crippen LogP contribution in [-0.4, -0.2) is 25.1 Å². The fourth-order valence-electron chi connectivity index (χ4n) is 3.33. The highest BCUT2D eigenvalue weighted by atomic mass is 16.5. The smallest absolute Gasteiger partial charge is 0.274 e. The van der Waals surface area contributed by atoms with Crippen LogP contribution in [0.3, 0.4) is 0 Å². The lowest BCUT2D eigenvalue weighted by Gasteiger charge is -2.14. The lowest BCUT2D eigenvalue weighted by Crippen LogP contribution is -2.23. The molecule has 0 unspecified atom stereocenters. The first-order chi connectivity index (χ1) is 15.3. The second kappa shape index (κ2) is 8.66. The van der Waals surface area contributed by atoms with Crippen LogP contribution >= 0.6 is 0 Å². The molecule has 0 aliphatic carbocycles. The maximum Gasteiger partial charge on any atom is 0.274 e. The van der Waals surface area contributed by atoms with E-state index >= 15 is 0 Å². The van der Waals surface area contributed by atoms with Crippen LogP contribution in [0.4, 0.5) is 5.69 Å². The van der Waals surface area contributed by atoms with E-state index in [0.29, 0.717) is 28.5 Å². The lowest BCUT2D eigenvalue weighted by atomic mass is 10.1. The van der Waals surface area contributed by atoms with Gasteiger partial charge in [-0.1, -0.05) is 23.8 Å². The minimum absolute atomic E-state index is 0.0662. The number of carbonyl (C=O) groups excluding carboxylic acids is 1. The number of hydrogen-bond acceptors (Lipinski definition) is 5. The Morgan fingerprint density at radius 1 is 1.06 bits per heavy atom. The fourth-order valence-corrected chi connectivity index (χ4v) is 3.33. The van der Waals surface area contributed by atoms with E-state index in [1.165, 1.54) is 10.6 Å². The lowest BCUT2D eigenvalue weighted by molar-refractivity contribution is 0.102. The van der Waals surface area contributed by atoms with Crippen LogP contribution in [0.1, 0.15) is 47.1 Å². The molecule has 1 N–H and O–H groups in total. The average molecular weight is 431 g/mol. The third-order valence-corrected chi connectivity index (χ3v) is 5.06. The van der Waals surface area contributed by atoms with Crippen molar-refractivity contribution in [3.05, 3.63) is 87.6 Å². The Bertz CT molecular complexity index is 1340. The highest BCUT2D eigenvalue weighted by molar-refractivity contribution is 6.05. The molecule has 8 nitrogen and oxygen atoms in total. The van der Waals surface area contributed by atoms with Crippen LogP contribution in [0.25, 0.3) is 5.78 Å². The molecule has 0 aliphatic heterocycles. The Kier molecular flexibility index (Phi) is 5.77. The van der Waals surface area contributed by atoms with E-state index in [-0.39, 0.29) is 24.1 Å². The number of carbonyl (C=O) groups is 1. The molecule has 0 fully saturated rings. The van der Waals surface area contributed by atoms with E-state index in [9.17, 15) is 9.59 Å². The largest absolute Gasteiger partial charge is 0.485 e. The monoisotopic (exact) mass is 431 g/mol. The molecule has 4 rings (SSSR count). The third-order valence-electron chi connectivity index (χ3n) is 5.06. The molecular weight excluding hydrogens is 406 g/mol. The van der Waals surface area contributed by atoms with Gasteiger partial charge >= 0.3 is 0 Å². The number of benzene rings is 2. The summed E-state index contributed by atoms with van der Waals surface area (Å²) in [5, 5.41) is 2.91. The van der Waals surface area contributed by atoms with Gasteiger partial charge in [-0.3, -0.25) is 14.3 Å². The van der Waals surface area contributed by atoms with Crippen LogP contribution in [0.2, 0.25) is 0 Å². The summed E-state index contributed by atoms with van der Waals surface area (Å²) in [6.45, 7) is 7.91. The quantitative estimate of drug-likeness (QED) is 0.500. The highest BCUT2D eigenvalue weighted by Crippen LogP contribution is 2.27. The topological polar surface area (TPSA) is 90.5 Å². The van der Waals surface area contributed by atoms with Crippen molar-refractivity contribution in [2.24, 2.45) is 0 Å². The van der Waals surface area contributed by atoms with Crippen LogP contribution in [0, 0.1) is 13.8 Å². The van der Waals surface area contributed by atoms with Gasteiger partial charge in [0, 0.05) is 17.7 Å². The first-order valence-corrected chi connectivity index (χ1v) is 10.4. The minimum atomic E-state index is -0.225. The molecular formula is C24H25N5O3. The maximum absolute atomic E-state index is 12.7. The number of fused-ring (bicyclic) bond motifs is 1. The Morgan fingerprint density at radius 3 is 2.50 bits per heavy atom. The van der Waals surface area contributed by atoms with Gasteiger partial charge in [0.15, 0.2) is 0 Å². The summed E-state index contributed by atoms with van der Waals surface area (Å²) in [6, 6.07) is 14.4. The summed E-state index contributed by atoms with van der Waals surface area (Å²) in [5.74, 6) is 0.588. The van der Waals surface area contributed by atoms with E-state index in [1.54, 1.807) is 29.2 Å². The number of nitrogens with one attached hydrogen (secondary N) is 1. The van der Waals surface area contributed by atoms with Gasteiger partial charge in [-0.2, -0.15) is 9.50 Å². The van der Waals surface area contributed by atoms with Crippen molar-refractivity contribution in [1.82, 2.24) is 19.2 Å². The molecule has 2 heterocycles. The summed E-state index contributed by atoms with van der Waals surface area (Å²) >= 11 is 0. The number of aryl methyl sites for hydroxylation is 2. The van der Waals surface area contributed by atoms with Gasteiger partial charge in [0.1, 0.15) is 18.7 Å². The van der Waals surface area contributed by atoms with Crippen molar-refractivity contribution < 1.29 is 9.53 Å². The summed E-state index contributed by atoms with van der Waals surface area (Å²) in [4.78, 5) is 33.9. The molecule has 0 aliphatic rings. The van der Waals surface area contributed by atoms with Gasteiger partial charge in [0.25, 0.3) is 17.2 Å². The molecule has 0 bridgehead atoms. The van der Waals surface area contributed by atoms with Crippen LogP contribution in [0.5, 0.6) is 5.75 Å². The zero-order valence-corrected chi connectivity index (χ0v) is 18.5. The molecule has 164 valence electrons. The normalized spacial score (nSPS) is 11.2. The molecule has 4 aromatic rings. The summed E-state index contributed by atoms with van der Waals surface area (Å²) in [7, 11) is 0. The van der Waals surface area contributed by atoms with Crippen LogP contribution in [-0.2, 0) is 6.61 Å². The van der Waals surface area contributed by atoms with Gasteiger partial charge in [-0.15, -0.1) is 0 Å². The van der Waals surface area contributed by atoms with Crippen molar-refractivity contribution in [3.63, 3.8) is 0 Å². The molecule has 0 radical (unpaired) electrons. The molecule has 1 amide bonds. The fraction of sp³-hybridized carbons (Fsp3) is 0.250. The van der Waals surface area contributed by atoms with E-state index in [2.05, 4.69) is 15.3 Å². The second-order valence-corrected chi connectivity index (χ2v) is 8.02. The van der Waals surface area contributed by atoms with Gasteiger partial charge < -0.3 is 10.1 Å². The summed E-state index contributed by atoms with van der Waals surface area (Å²) < 4.78 is 9.10. The van der Waals surface area contributed by atoms with Crippen LogP contribution in [0.15, 0.2) is 59.7 Å². The molecule has 2 aromatic heterocycles. The van der Waals surface area contributed by atoms with Gasteiger partial charge in [-0.05, 0) is 57.5 Å². The van der Waals surface area contributed by atoms with E-state index in [0.717, 1.165) is 11.1 Å². The number of aromatic nitrogens is 4. The van der Waals surface area contributed by atoms with Crippen LogP contribution < -0.4 is 15.6 Å². The maximum atomic E-state index is 12.7. The second-order valence-electron chi connectivity index (χ2n) is 8.02. The highest BCUT2D eigenvalue weighted by Gasteiger charge is 2.13. The van der Waals surface area contributed by atoms with Crippen molar-refractivity contribution in [2.75, 3.05) is 5.32 Å². The molecule has 0 spiro atoms. The molecule has 0 atom stereocenters. The molecule has 2 aromatic carbocycles. The number of rotatable bonds is 6. The molecule has 0 saturated heterocycles. The number of hydrogen-bond donors (Lipinski definition) is 1. The van der Waals surface area contributed by atoms with E-state index < -0.39 is 0 Å². The molecule has 0 saturated carbocycles. The first kappa shape index (κ1) is 21.3. The van der Waals surface area contributed by atoms with Crippen molar-refractivity contribution in [2.45, 2.75) is 40.3 Å². The predicted molar refractivity (Wildman–Crippen MR) is 122 cm³/mol. The van der Waals surface area contributed by atoms with Crippen molar-refractivity contribution in [3.8, 4) is 5.75 Å². The van der Waals surface area contributed by atoms with Gasteiger partial charge in [0.2, 0.25) is 0 Å². The molecule has 32 heavy (non-hydrogen) atoms. The first-order valence-electron chi connectivity index (χ1n) is 10.4. The number of ether oxygens (including phenoxy) is 1. The van der Waals surface area contributed by atoms with Crippen molar-refractivity contribution >= 4 is 17.4 Å². The summed E-state index contributed by atoms with van der Waals surface area (Å²) in [5.41, 5.74) is 3.41. The molecule has 8 heteroatoms. The zero-order valence-electron chi connectivity index (χ0n) is 18.5. The van der Waals surface area contributed by atoms with Crippen molar-refractivity contribution in [1.29, 1.82) is 0 Å². The predicted octanol–water partition coefficient (Wildman–Crippen LogP) is 3.92. The van der Waals surface area contributed by atoms with E-state index in [4.69, 9.17) is 4.74 Å². The minimum Gasteiger partial charge on any atom is -0.485 e. The number of nitrogens with zero attached hydrogens (tertiary/aromatic N) is 4. The van der Waals surface area contributed by atoms with Gasteiger partial charge in [-0.25, -0.2) is 4.98 Å². The Balaban J connectivity index is 1.55. The van der Waals surface area contributed by atoms with E-state index in [1.807, 2.05) is 52.0 Å².